The van der Waals surface area contributed by atoms with E-state index in [1.165, 1.54) is 12.1 Å². The minimum atomic E-state index is -0.613. The molecule has 10 heteroatoms. The number of nitro groups is 1. The van der Waals surface area contributed by atoms with Gasteiger partial charge in [-0.25, -0.2) is 0 Å². The Morgan fingerprint density at radius 3 is 2.83 bits per heavy atom. The van der Waals surface area contributed by atoms with E-state index in [4.69, 9.17) is 4.74 Å². The van der Waals surface area contributed by atoms with E-state index < -0.39 is 17.0 Å². The van der Waals surface area contributed by atoms with Crippen LogP contribution in [0.1, 0.15) is 29.7 Å². The van der Waals surface area contributed by atoms with Crippen molar-refractivity contribution in [1.29, 1.82) is 0 Å². The van der Waals surface area contributed by atoms with Gasteiger partial charge in [0.1, 0.15) is 6.10 Å². The summed E-state index contributed by atoms with van der Waals surface area (Å²) >= 11 is 1.16. The predicted octanol–water partition coefficient (Wildman–Crippen LogP) is 3.58. The fourth-order valence-corrected chi connectivity index (χ4v) is 3.35. The van der Waals surface area contributed by atoms with Crippen molar-refractivity contribution in [3.05, 3.63) is 69.3 Å². The van der Waals surface area contributed by atoms with E-state index in [0.29, 0.717) is 10.7 Å². The quantitative estimate of drug-likeness (QED) is 0.250. The van der Waals surface area contributed by atoms with E-state index in [0.717, 1.165) is 28.6 Å². The Morgan fingerprint density at radius 1 is 1.28 bits per heavy atom. The first-order valence-corrected chi connectivity index (χ1v) is 9.76. The molecule has 0 amide bonds. The Kier molecular flexibility index (Phi) is 6.23. The van der Waals surface area contributed by atoms with Crippen molar-refractivity contribution in [3.8, 4) is 5.69 Å². The molecule has 0 bridgehead atoms. The fourth-order valence-electron chi connectivity index (χ4n) is 2.68. The lowest BCUT2D eigenvalue weighted by molar-refractivity contribution is -0.385. The van der Waals surface area contributed by atoms with E-state index in [1.807, 2.05) is 32.0 Å². The Hall–Kier alpha value is -3.27. The number of nitro benzene ring substituents is 1. The molecule has 0 spiro atoms. The molecule has 1 aromatic heterocycles. The number of rotatable bonds is 7. The number of esters is 1. The molecule has 1 heterocycles. The lowest BCUT2D eigenvalue weighted by Crippen LogP contribution is -2.12. The van der Waals surface area contributed by atoms with Crippen molar-refractivity contribution in [1.82, 2.24) is 20.2 Å². The molecule has 0 radical (unpaired) electrons. The highest BCUT2D eigenvalue weighted by Crippen LogP contribution is 2.24. The van der Waals surface area contributed by atoms with Gasteiger partial charge in [0.05, 0.1) is 16.4 Å². The molecule has 0 aliphatic carbocycles. The molecule has 0 aliphatic rings. The molecule has 3 aromatic rings. The summed E-state index contributed by atoms with van der Waals surface area (Å²) in [5.41, 5.74) is 3.43. The number of aryl methyl sites for hydroxylation is 2. The van der Waals surface area contributed by atoms with Gasteiger partial charge in [-0.05, 0) is 54.0 Å². The van der Waals surface area contributed by atoms with Gasteiger partial charge in [0.15, 0.2) is 0 Å². The first kappa shape index (κ1) is 20.5. The van der Waals surface area contributed by atoms with Crippen LogP contribution in [0.15, 0.2) is 47.6 Å². The lowest BCUT2D eigenvalue weighted by Gasteiger charge is -2.13. The van der Waals surface area contributed by atoms with Gasteiger partial charge in [-0.2, -0.15) is 4.68 Å². The normalized spacial score (nSPS) is 11.8. The van der Waals surface area contributed by atoms with Crippen LogP contribution in [0.25, 0.3) is 5.69 Å². The van der Waals surface area contributed by atoms with Crippen LogP contribution >= 0.6 is 11.8 Å². The van der Waals surface area contributed by atoms with Crippen LogP contribution < -0.4 is 0 Å². The number of carbonyl (C=O) groups excluding carboxylic acids is 1. The van der Waals surface area contributed by atoms with Crippen molar-refractivity contribution in [2.75, 3.05) is 5.75 Å². The van der Waals surface area contributed by atoms with E-state index >= 15 is 0 Å². The second kappa shape index (κ2) is 8.82. The van der Waals surface area contributed by atoms with E-state index in [9.17, 15) is 14.9 Å². The van der Waals surface area contributed by atoms with Gasteiger partial charge < -0.3 is 4.74 Å². The zero-order valence-corrected chi connectivity index (χ0v) is 16.9. The number of nitrogens with zero attached hydrogens (tertiary/aromatic N) is 5. The molecular weight excluding hydrogens is 394 g/mol. The zero-order valence-electron chi connectivity index (χ0n) is 16.1. The topological polar surface area (TPSA) is 113 Å². The molecule has 0 aliphatic heterocycles. The smallest absolute Gasteiger partial charge is 0.316 e. The molecule has 0 unspecified atom stereocenters. The van der Waals surface area contributed by atoms with Gasteiger partial charge in [0.2, 0.25) is 5.16 Å². The van der Waals surface area contributed by atoms with Gasteiger partial charge in [-0.1, -0.05) is 36.0 Å². The molecular formula is C19H19N5O4S. The highest BCUT2D eigenvalue weighted by molar-refractivity contribution is 7.99. The Labute approximate surface area is 171 Å². The fraction of sp³-hybridized carbons (Fsp3) is 0.263. The Morgan fingerprint density at radius 2 is 2.07 bits per heavy atom. The van der Waals surface area contributed by atoms with Gasteiger partial charge in [-0.15, -0.1) is 5.10 Å². The van der Waals surface area contributed by atoms with E-state index in [-0.39, 0.29) is 11.4 Å². The number of hydrogen-bond donors (Lipinski definition) is 0. The van der Waals surface area contributed by atoms with Crippen molar-refractivity contribution in [2.45, 2.75) is 32.0 Å². The molecule has 150 valence electrons. The molecule has 0 fully saturated rings. The van der Waals surface area contributed by atoms with Crippen molar-refractivity contribution >= 4 is 23.4 Å². The average molecular weight is 413 g/mol. The molecule has 0 saturated heterocycles. The maximum Gasteiger partial charge on any atom is 0.316 e. The second-order valence-electron chi connectivity index (χ2n) is 6.44. The third kappa shape index (κ3) is 4.96. The van der Waals surface area contributed by atoms with E-state index in [1.54, 1.807) is 23.7 Å². The summed E-state index contributed by atoms with van der Waals surface area (Å²) in [6.07, 6.45) is -0.613. The first-order chi connectivity index (χ1) is 13.8. The number of ether oxygens (including phenoxy) is 1. The van der Waals surface area contributed by atoms with Crippen LogP contribution in [-0.2, 0) is 9.53 Å². The van der Waals surface area contributed by atoms with Crippen LogP contribution in [0.2, 0.25) is 0 Å². The molecule has 0 N–H and O–H groups in total. The third-order valence-electron chi connectivity index (χ3n) is 4.21. The van der Waals surface area contributed by atoms with Crippen molar-refractivity contribution in [3.63, 3.8) is 0 Å². The number of thioether (sulfide) groups is 1. The molecule has 2 aromatic carbocycles. The highest BCUT2D eigenvalue weighted by Gasteiger charge is 2.17. The third-order valence-corrected chi connectivity index (χ3v) is 5.10. The summed E-state index contributed by atoms with van der Waals surface area (Å²) in [6.45, 7) is 5.61. The van der Waals surface area contributed by atoms with Crippen LogP contribution in [0.3, 0.4) is 0 Å². The minimum Gasteiger partial charge on any atom is -0.457 e. The summed E-state index contributed by atoms with van der Waals surface area (Å²) in [4.78, 5) is 22.7. The zero-order chi connectivity index (χ0) is 21.0. The Bertz CT molecular complexity index is 1050. The number of tetrazole rings is 1. The van der Waals surface area contributed by atoms with E-state index in [2.05, 4.69) is 15.5 Å². The second-order valence-corrected chi connectivity index (χ2v) is 7.38. The Balaban J connectivity index is 1.65. The van der Waals surface area contributed by atoms with Gasteiger partial charge in [0.25, 0.3) is 5.69 Å². The number of carbonyl (C=O) groups is 1. The largest absolute Gasteiger partial charge is 0.457 e. The number of non-ortho nitro benzene ring substituents is 1. The predicted molar refractivity (Wildman–Crippen MR) is 107 cm³/mol. The SMILES string of the molecule is Cc1ccc(C)c(-n2nnnc2SCC(=O)O[C@@H](C)c2cccc([N+](=O)[O-])c2)c1. The molecule has 3 rings (SSSR count). The van der Waals surface area contributed by atoms with Crippen LogP contribution in [0, 0.1) is 24.0 Å². The van der Waals surface area contributed by atoms with Crippen molar-refractivity contribution in [2.24, 2.45) is 0 Å². The molecule has 0 saturated carbocycles. The summed E-state index contributed by atoms with van der Waals surface area (Å²) in [6, 6.07) is 12.0. The first-order valence-electron chi connectivity index (χ1n) is 8.78. The van der Waals surface area contributed by atoms with Gasteiger partial charge in [-0.3, -0.25) is 14.9 Å². The maximum atomic E-state index is 12.3. The number of benzene rings is 2. The lowest BCUT2D eigenvalue weighted by atomic mass is 10.1. The summed E-state index contributed by atoms with van der Waals surface area (Å²) in [5, 5.41) is 23.1. The number of aromatic nitrogens is 4. The number of hydrogen-bond acceptors (Lipinski definition) is 8. The van der Waals surface area contributed by atoms with Crippen LogP contribution in [0.5, 0.6) is 0 Å². The van der Waals surface area contributed by atoms with Crippen molar-refractivity contribution < 1.29 is 14.5 Å². The summed E-state index contributed by atoms with van der Waals surface area (Å²) in [5.74, 6) is -0.464. The average Bonchev–Trinajstić information content (AvgIpc) is 3.16. The summed E-state index contributed by atoms with van der Waals surface area (Å²) in [7, 11) is 0. The minimum absolute atomic E-state index is 0.00447. The van der Waals surface area contributed by atoms with Crippen LogP contribution in [-0.4, -0.2) is 36.9 Å². The monoisotopic (exact) mass is 413 g/mol. The van der Waals surface area contributed by atoms with Gasteiger partial charge >= 0.3 is 5.97 Å². The maximum absolute atomic E-state index is 12.3. The van der Waals surface area contributed by atoms with Gasteiger partial charge in [0, 0.05) is 12.1 Å². The highest BCUT2D eigenvalue weighted by atomic mass is 32.2. The molecule has 29 heavy (non-hydrogen) atoms. The molecule has 9 nitrogen and oxygen atoms in total. The standard InChI is InChI=1S/C19H19N5O4S/c1-12-7-8-13(2)17(9-12)23-19(20-21-22-23)29-11-18(25)28-14(3)15-5-4-6-16(10-15)24(26)27/h4-10,14H,11H2,1-3H3/t14-/m0/s1. The van der Waals surface area contributed by atoms with Crippen LogP contribution in [0.4, 0.5) is 5.69 Å². The summed E-state index contributed by atoms with van der Waals surface area (Å²) < 4.78 is 6.99. The molecule has 1 atom stereocenters.